The summed E-state index contributed by atoms with van der Waals surface area (Å²) in [6, 6.07) is 4.22. The van der Waals surface area contributed by atoms with Crippen molar-refractivity contribution in [3.05, 3.63) is 39.4 Å². The molecule has 0 unspecified atom stereocenters. The first-order chi connectivity index (χ1) is 8.49. The van der Waals surface area contributed by atoms with Crippen molar-refractivity contribution in [3.63, 3.8) is 0 Å². The summed E-state index contributed by atoms with van der Waals surface area (Å²) in [5, 5.41) is 19.7. The van der Waals surface area contributed by atoms with Crippen LogP contribution in [0.25, 0.3) is 0 Å². The van der Waals surface area contributed by atoms with E-state index in [-0.39, 0.29) is 5.69 Å². The Kier molecular flexibility index (Phi) is 3.29. The number of nitro benzene ring substituents is 1. The van der Waals surface area contributed by atoms with Crippen LogP contribution in [0.1, 0.15) is 18.1 Å². The minimum absolute atomic E-state index is 0.0542. The molecule has 1 atom stereocenters. The highest BCUT2D eigenvalue weighted by atomic mass is 16.6. The molecule has 1 heterocycles. The van der Waals surface area contributed by atoms with Crippen molar-refractivity contribution in [3.8, 4) is 0 Å². The molecule has 0 aromatic heterocycles. The van der Waals surface area contributed by atoms with Gasteiger partial charge in [-0.15, -0.1) is 0 Å². The molecule has 18 heavy (non-hydrogen) atoms. The molecule has 0 fully saturated rings. The van der Waals surface area contributed by atoms with Gasteiger partial charge in [-0.3, -0.25) is 19.8 Å². The third-order valence-electron chi connectivity index (χ3n) is 3.35. The van der Waals surface area contributed by atoms with E-state index in [0.29, 0.717) is 13.1 Å². The molecule has 0 saturated carbocycles. The summed E-state index contributed by atoms with van der Waals surface area (Å²) in [4.78, 5) is 23.0. The summed E-state index contributed by atoms with van der Waals surface area (Å²) in [7, 11) is 0. The van der Waals surface area contributed by atoms with Crippen LogP contribution < -0.4 is 0 Å². The molecule has 1 aliphatic heterocycles. The van der Waals surface area contributed by atoms with Crippen molar-refractivity contribution in [1.82, 2.24) is 4.90 Å². The molecule has 0 saturated heterocycles. The number of nitro groups is 1. The fourth-order valence-corrected chi connectivity index (χ4v) is 2.17. The van der Waals surface area contributed by atoms with E-state index in [1.165, 1.54) is 12.1 Å². The van der Waals surface area contributed by atoms with E-state index in [1.54, 1.807) is 13.0 Å². The van der Waals surface area contributed by atoms with Gasteiger partial charge >= 0.3 is 5.97 Å². The van der Waals surface area contributed by atoms with Crippen LogP contribution in [0.2, 0.25) is 0 Å². The zero-order chi connectivity index (χ0) is 13.3. The Morgan fingerprint density at radius 3 is 2.83 bits per heavy atom. The smallest absolute Gasteiger partial charge is 0.320 e. The molecule has 0 bridgehead atoms. The Labute approximate surface area is 104 Å². The second-order valence-corrected chi connectivity index (χ2v) is 4.44. The lowest BCUT2D eigenvalue weighted by atomic mass is 9.98. The molecule has 6 heteroatoms. The number of carbonyl (C=O) groups is 1. The van der Waals surface area contributed by atoms with E-state index in [0.717, 1.165) is 17.5 Å². The monoisotopic (exact) mass is 250 g/mol. The van der Waals surface area contributed by atoms with E-state index in [9.17, 15) is 14.9 Å². The third-order valence-corrected chi connectivity index (χ3v) is 3.35. The Balaban J connectivity index is 2.24. The maximum absolute atomic E-state index is 10.9. The fourth-order valence-electron chi connectivity index (χ4n) is 2.17. The second-order valence-electron chi connectivity index (χ2n) is 4.44. The van der Waals surface area contributed by atoms with Crippen molar-refractivity contribution in [2.45, 2.75) is 25.9 Å². The minimum Gasteiger partial charge on any atom is -0.480 e. The number of benzene rings is 1. The van der Waals surface area contributed by atoms with Crippen LogP contribution in [0.4, 0.5) is 5.69 Å². The van der Waals surface area contributed by atoms with Gasteiger partial charge in [-0.2, -0.15) is 0 Å². The summed E-state index contributed by atoms with van der Waals surface area (Å²) < 4.78 is 0. The second kappa shape index (κ2) is 4.73. The number of carboxylic acid groups (broad SMARTS) is 1. The van der Waals surface area contributed by atoms with Crippen LogP contribution >= 0.6 is 0 Å². The fraction of sp³-hybridized carbons (Fsp3) is 0.417. The SMILES string of the molecule is C[C@H](C(=O)O)N1CCc2ccc([N+](=O)[O-])cc2C1. The Hall–Kier alpha value is -1.95. The number of rotatable bonds is 3. The van der Waals surface area contributed by atoms with E-state index in [2.05, 4.69) is 0 Å². The molecule has 96 valence electrons. The van der Waals surface area contributed by atoms with Gasteiger partial charge in [-0.1, -0.05) is 6.07 Å². The molecule has 1 aliphatic rings. The Morgan fingerprint density at radius 1 is 1.50 bits per heavy atom. The van der Waals surface area contributed by atoms with Gasteiger partial charge in [0.2, 0.25) is 0 Å². The number of fused-ring (bicyclic) bond motifs is 1. The van der Waals surface area contributed by atoms with E-state index in [4.69, 9.17) is 5.11 Å². The first-order valence-corrected chi connectivity index (χ1v) is 5.72. The summed E-state index contributed by atoms with van der Waals surface area (Å²) in [5.74, 6) is -0.871. The molecule has 1 aromatic rings. The van der Waals surface area contributed by atoms with Gasteiger partial charge in [-0.25, -0.2) is 0 Å². The van der Waals surface area contributed by atoms with E-state index >= 15 is 0 Å². The van der Waals surface area contributed by atoms with Gasteiger partial charge in [0.05, 0.1) is 4.92 Å². The highest BCUT2D eigenvalue weighted by Crippen LogP contribution is 2.24. The predicted molar refractivity (Wildman–Crippen MR) is 64.3 cm³/mol. The number of non-ortho nitro benzene ring substituents is 1. The number of hydrogen-bond donors (Lipinski definition) is 1. The molecule has 2 rings (SSSR count). The summed E-state index contributed by atoms with van der Waals surface area (Å²) in [5.41, 5.74) is 1.97. The lowest BCUT2D eigenvalue weighted by Crippen LogP contribution is -2.42. The quantitative estimate of drug-likeness (QED) is 0.648. The highest BCUT2D eigenvalue weighted by molar-refractivity contribution is 5.73. The third kappa shape index (κ3) is 2.33. The Morgan fingerprint density at radius 2 is 2.22 bits per heavy atom. The molecular weight excluding hydrogens is 236 g/mol. The van der Waals surface area contributed by atoms with Crippen molar-refractivity contribution in [1.29, 1.82) is 0 Å². The normalized spacial score (nSPS) is 16.9. The van der Waals surface area contributed by atoms with Crippen molar-refractivity contribution in [2.24, 2.45) is 0 Å². The largest absolute Gasteiger partial charge is 0.480 e. The highest BCUT2D eigenvalue weighted by Gasteiger charge is 2.25. The van der Waals surface area contributed by atoms with Crippen molar-refractivity contribution in [2.75, 3.05) is 6.54 Å². The molecular formula is C12H14N2O4. The van der Waals surface area contributed by atoms with Gasteiger partial charge in [0, 0.05) is 25.2 Å². The lowest BCUT2D eigenvalue weighted by Gasteiger charge is -2.31. The predicted octanol–water partition coefficient (Wildman–Crippen LogP) is 1.43. The summed E-state index contributed by atoms with van der Waals surface area (Å²) in [6.07, 6.45) is 0.727. The topological polar surface area (TPSA) is 83.7 Å². The molecule has 1 N–H and O–H groups in total. The number of nitrogens with zero attached hydrogens (tertiary/aromatic N) is 2. The molecule has 1 aromatic carbocycles. The van der Waals surface area contributed by atoms with Crippen LogP contribution in [0.15, 0.2) is 18.2 Å². The lowest BCUT2D eigenvalue weighted by molar-refractivity contribution is -0.385. The van der Waals surface area contributed by atoms with Gasteiger partial charge in [-0.05, 0) is 24.5 Å². The van der Waals surface area contributed by atoms with Gasteiger partial charge < -0.3 is 5.11 Å². The number of carboxylic acids is 1. The van der Waals surface area contributed by atoms with Crippen LogP contribution in [-0.4, -0.2) is 33.5 Å². The molecule has 0 spiro atoms. The molecule has 0 aliphatic carbocycles. The zero-order valence-electron chi connectivity index (χ0n) is 10.00. The van der Waals surface area contributed by atoms with Crippen LogP contribution in [0.3, 0.4) is 0 Å². The number of aliphatic carboxylic acids is 1. The first-order valence-electron chi connectivity index (χ1n) is 5.72. The number of hydrogen-bond acceptors (Lipinski definition) is 4. The van der Waals surface area contributed by atoms with E-state index in [1.807, 2.05) is 4.90 Å². The Bertz CT molecular complexity index is 501. The van der Waals surface area contributed by atoms with Crippen LogP contribution in [0.5, 0.6) is 0 Å². The van der Waals surface area contributed by atoms with Crippen LogP contribution in [-0.2, 0) is 17.8 Å². The van der Waals surface area contributed by atoms with Crippen molar-refractivity contribution >= 4 is 11.7 Å². The molecule has 0 amide bonds. The standard InChI is InChI=1S/C12H14N2O4/c1-8(12(15)16)13-5-4-9-2-3-11(14(17)18)6-10(9)7-13/h2-3,6,8H,4-5,7H2,1H3,(H,15,16)/t8-/m1/s1. The maximum Gasteiger partial charge on any atom is 0.320 e. The molecule has 6 nitrogen and oxygen atoms in total. The van der Waals surface area contributed by atoms with Crippen molar-refractivity contribution < 1.29 is 14.8 Å². The maximum atomic E-state index is 10.9. The van der Waals surface area contributed by atoms with Crippen LogP contribution in [0, 0.1) is 10.1 Å². The first kappa shape index (κ1) is 12.5. The van der Waals surface area contributed by atoms with E-state index < -0.39 is 16.9 Å². The molecule has 0 radical (unpaired) electrons. The van der Waals surface area contributed by atoms with Gasteiger partial charge in [0.15, 0.2) is 0 Å². The summed E-state index contributed by atoms with van der Waals surface area (Å²) in [6.45, 7) is 2.74. The minimum atomic E-state index is -0.871. The average Bonchev–Trinajstić information content (AvgIpc) is 2.36. The summed E-state index contributed by atoms with van der Waals surface area (Å²) >= 11 is 0. The van der Waals surface area contributed by atoms with Gasteiger partial charge in [0.1, 0.15) is 6.04 Å². The zero-order valence-corrected chi connectivity index (χ0v) is 10.00. The average molecular weight is 250 g/mol. The van der Waals surface area contributed by atoms with Gasteiger partial charge in [0.25, 0.3) is 5.69 Å².